The molecule has 0 aliphatic carbocycles. The summed E-state index contributed by atoms with van der Waals surface area (Å²) in [5.41, 5.74) is 0. The van der Waals surface area contributed by atoms with E-state index >= 15 is 0 Å². The quantitative estimate of drug-likeness (QED) is 0.843. The molecule has 0 unspecified atom stereocenters. The minimum atomic E-state index is 0.636. The zero-order valence-electron chi connectivity index (χ0n) is 8.76. The van der Waals surface area contributed by atoms with Gasteiger partial charge in [0.1, 0.15) is 6.33 Å². The van der Waals surface area contributed by atoms with Crippen LogP contribution in [-0.4, -0.2) is 31.3 Å². The molecular formula is C9H11IN6. The second kappa shape index (κ2) is 5.19. The van der Waals surface area contributed by atoms with E-state index in [4.69, 9.17) is 0 Å². The SMILES string of the molecule is Cn1cnc(CCNc2ncc(I)cn2)n1. The maximum Gasteiger partial charge on any atom is 0.222 e. The molecule has 0 aliphatic rings. The van der Waals surface area contributed by atoms with Crippen LogP contribution in [-0.2, 0) is 13.5 Å². The van der Waals surface area contributed by atoms with Gasteiger partial charge in [0, 0.05) is 36.0 Å². The molecule has 0 saturated heterocycles. The van der Waals surface area contributed by atoms with Crippen molar-refractivity contribution in [1.29, 1.82) is 0 Å². The van der Waals surface area contributed by atoms with Crippen molar-refractivity contribution in [2.75, 3.05) is 11.9 Å². The van der Waals surface area contributed by atoms with E-state index in [-0.39, 0.29) is 0 Å². The minimum absolute atomic E-state index is 0.636. The number of hydrogen-bond donors (Lipinski definition) is 1. The summed E-state index contributed by atoms with van der Waals surface area (Å²) < 4.78 is 2.71. The molecule has 0 amide bonds. The molecule has 2 rings (SSSR count). The Bertz CT molecular complexity index is 451. The van der Waals surface area contributed by atoms with Gasteiger partial charge in [0.25, 0.3) is 0 Å². The number of anilines is 1. The van der Waals surface area contributed by atoms with E-state index in [0.29, 0.717) is 5.95 Å². The largest absolute Gasteiger partial charge is 0.354 e. The lowest BCUT2D eigenvalue weighted by atomic mass is 10.4. The highest BCUT2D eigenvalue weighted by atomic mass is 127. The van der Waals surface area contributed by atoms with Crippen molar-refractivity contribution in [1.82, 2.24) is 24.7 Å². The predicted molar refractivity (Wildman–Crippen MR) is 67.9 cm³/mol. The molecule has 0 bridgehead atoms. The van der Waals surface area contributed by atoms with Gasteiger partial charge < -0.3 is 5.32 Å². The number of nitrogens with zero attached hydrogens (tertiary/aromatic N) is 5. The Morgan fingerprint density at radius 1 is 1.31 bits per heavy atom. The van der Waals surface area contributed by atoms with E-state index in [0.717, 1.165) is 22.4 Å². The Balaban J connectivity index is 1.82. The molecule has 2 aromatic heterocycles. The molecule has 1 N–H and O–H groups in total. The Kier molecular flexibility index (Phi) is 3.65. The maximum atomic E-state index is 4.18. The Morgan fingerprint density at radius 2 is 2.06 bits per heavy atom. The lowest BCUT2D eigenvalue weighted by molar-refractivity contribution is 0.741. The Hall–Kier alpha value is -1.25. The first kappa shape index (κ1) is 11.2. The molecule has 0 radical (unpaired) electrons. The van der Waals surface area contributed by atoms with Crippen LogP contribution in [0.25, 0.3) is 0 Å². The van der Waals surface area contributed by atoms with Crippen LogP contribution in [0.3, 0.4) is 0 Å². The third kappa shape index (κ3) is 3.12. The zero-order valence-corrected chi connectivity index (χ0v) is 10.9. The van der Waals surface area contributed by atoms with Gasteiger partial charge in [0.2, 0.25) is 5.95 Å². The number of hydrogen-bond acceptors (Lipinski definition) is 5. The molecule has 16 heavy (non-hydrogen) atoms. The second-order valence-corrected chi connectivity index (χ2v) is 4.48. The maximum absolute atomic E-state index is 4.18. The van der Waals surface area contributed by atoms with Crippen LogP contribution in [0.4, 0.5) is 5.95 Å². The van der Waals surface area contributed by atoms with Crippen LogP contribution in [0, 0.1) is 3.57 Å². The monoisotopic (exact) mass is 330 g/mol. The fraction of sp³-hybridized carbons (Fsp3) is 0.333. The van der Waals surface area contributed by atoms with E-state index < -0.39 is 0 Å². The van der Waals surface area contributed by atoms with Crippen molar-refractivity contribution in [3.05, 3.63) is 28.1 Å². The van der Waals surface area contributed by atoms with Gasteiger partial charge in [-0.05, 0) is 22.6 Å². The number of aryl methyl sites for hydroxylation is 1. The number of rotatable bonds is 4. The van der Waals surface area contributed by atoms with Crippen molar-refractivity contribution >= 4 is 28.5 Å². The van der Waals surface area contributed by atoms with Crippen LogP contribution >= 0.6 is 22.6 Å². The second-order valence-electron chi connectivity index (χ2n) is 3.24. The van der Waals surface area contributed by atoms with Gasteiger partial charge in [-0.1, -0.05) is 0 Å². The van der Waals surface area contributed by atoms with Crippen molar-refractivity contribution in [2.45, 2.75) is 6.42 Å². The lowest BCUT2D eigenvalue weighted by Gasteiger charge is -2.01. The first-order chi connectivity index (χ1) is 7.74. The molecular weight excluding hydrogens is 319 g/mol. The molecule has 2 heterocycles. The molecule has 0 atom stereocenters. The fourth-order valence-corrected chi connectivity index (χ4v) is 1.47. The molecule has 6 nitrogen and oxygen atoms in total. The summed E-state index contributed by atoms with van der Waals surface area (Å²) in [6, 6.07) is 0. The van der Waals surface area contributed by atoms with E-state index in [2.05, 4.69) is 48.0 Å². The van der Waals surface area contributed by atoms with Gasteiger partial charge in [-0.15, -0.1) is 0 Å². The average molecular weight is 330 g/mol. The lowest BCUT2D eigenvalue weighted by Crippen LogP contribution is -2.09. The van der Waals surface area contributed by atoms with E-state index in [1.165, 1.54) is 0 Å². The summed E-state index contributed by atoms with van der Waals surface area (Å²) in [6.07, 6.45) is 6.00. The molecule has 0 aromatic carbocycles. The van der Waals surface area contributed by atoms with Crippen molar-refractivity contribution in [2.24, 2.45) is 7.05 Å². The summed E-state index contributed by atoms with van der Waals surface area (Å²) in [4.78, 5) is 12.4. The highest BCUT2D eigenvalue weighted by Crippen LogP contribution is 2.02. The third-order valence-corrected chi connectivity index (χ3v) is 2.46. The number of nitrogens with one attached hydrogen (secondary N) is 1. The molecule has 0 spiro atoms. The Morgan fingerprint density at radius 3 is 2.69 bits per heavy atom. The summed E-state index contributed by atoms with van der Waals surface area (Å²) in [5.74, 6) is 1.46. The van der Waals surface area contributed by atoms with Crippen molar-refractivity contribution in [3.8, 4) is 0 Å². The third-order valence-electron chi connectivity index (χ3n) is 1.90. The van der Waals surface area contributed by atoms with Gasteiger partial charge in [-0.25, -0.2) is 15.0 Å². The molecule has 2 aromatic rings. The number of aromatic nitrogens is 5. The molecule has 0 fully saturated rings. The highest BCUT2D eigenvalue weighted by molar-refractivity contribution is 14.1. The first-order valence-electron chi connectivity index (χ1n) is 4.80. The van der Waals surface area contributed by atoms with Gasteiger partial charge in [0.05, 0.1) is 0 Å². The van der Waals surface area contributed by atoms with Gasteiger partial charge in [0.15, 0.2) is 5.82 Å². The van der Waals surface area contributed by atoms with E-state index in [1.54, 1.807) is 23.4 Å². The van der Waals surface area contributed by atoms with Crippen molar-refractivity contribution in [3.63, 3.8) is 0 Å². The predicted octanol–water partition coefficient (Wildman–Crippen LogP) is 0.864. The summed E-state index contributed by atoms with van der Waals surface area (Å²) in [6.45, 7) is 0.727. The zero-order chi connectivity index (χ0) is 11.4. The molecule has 0 aliphatic heterocycles. The van der Waals surface area contributed by atoms with Crippen LogP contribution in [0.5, 0.6) is 0 Å². The molecule has 7 heteroatoms. The minimum Gasteiger partial charge on any atom is -0.354 e. The van der Waals surface area contributed by atoms with Gasteiger partial charge >= 0.3 is 0 Å². The number of halogens is 1. The van der Waals surface area contributed by atoms with Gasteiger partial charge in [-0.2, -0.15) is 5.10 Å². The first-order valence-corrected chi connectivity index (χ1v) is 5.88. The molecule has 84 valence electrons. The van der Waals surface area contributed by atoms with E-state index in [9.17, 15) is 0 Å². The molecule has 0 saturated carbocycles. The van der Waals surface area contributed by atoms with E-state index in [1.807, 2.05) is 7.05 Å². The summed E-state index contributed by atoms with van der Waals surface area (Å²) >= 11 is 2.17. The van der Waals surface area contributed by atoms with Crippen LogP contribution in [0.2, 0.25) is 0 Å². The van der Waals surface area contributed by atoms with Crippen LogP contribution in [0.15, 0.2) is 18.7 Å². The van der Waals surface area contributed by atoms with Crippen LogP contribution < -0.4 is 5.32 Å². The summed E-state index contributed by atoms with van der Waals surface area (Å²) in [5, 5.41) is 7.29. The average Bonchev–Trinajstić information content (AvgIpc) is 2.67. The Labute approximate surface area is 107 Å². The van der Waals surface area contributed by atoms with Gasteiger partial charge in [-0.3, -0.25) is 4.68 Å². The smallest absolute Gasteiger partial charge is 0.222 e. The summed E-state index contributed by atoms with van der Waals surface area (Å²) in [7, 11) is 1.85. The standard InChI is InChI=1S/C9H11IN6/c1-16-6-14-8(15-16)2-3-11-9-12-4-7(10)5-13-9/h4-6H,2-3H2,1H3,(H,11,12,13). The topological polar surface area (TPSA) is 68.5 Å². The highest BCUT2D eigenvalue weighted by Gasteiger charge is 1.99. The van der Waals surface area contributed by atoms with Crippen molar-refractivity contribution < 1.29 is 0 Å². The fourth-order valence-electron chi connectivity index (χ4n) is 1.19. The normalized spacial score (nSPS) is 10.4. The van der Waals surface area contributed by atoms with Crippen LogP contribution in [0.1, 0.15) is 5.82 Å².